The summed E-state index contributed by atoms with van der Waals surface area (Å²) in [4.78, 5) is 15.4. The topological polar surface area (TPSA) is 73.4 Å². The number of carbonyl (C=O) groups excluding carboxylic acids is 1. The maximum atomic E-state index is 13.6. The summed E-state index contributed by atoms with van der Waals surface area (Å²) in [5, 5.41) is 9.04. The van der Waals surface area contributed by atoms with Crippen molar-refractivity contribution in [2.75, 3.05) is 26.3 Å². The lowest BCUT2D eigenvalue weighted by Gasteiger charge is -2.30. The number of benzene rings is 2. The van der Waals surface area contributed by atoms with Gasteiger partial charge < -0.3 is 14.1 Å². The van der Waals surface area contributed by atoms with Gasteiger partial charge in [-0.05, 0) is 29.8 Å². The van der Waals surface area contributed by atoms with Crippen molar-refractivity contribution in [3.63, 3.8) is 0 Å². The highest BCUT2D eigenvalue weighted by atomic mass is 32.2. The van der Waals surface area contributed by atoms with Crippen LogP contribution in [0.15, 0.2) is 88.6 Å². The van der Waals surface area contributed by atoms with Gasteiger partial charge >= 0.3 is 0 Å². The summed E-state index contributed by atoms with van der Waals surface area (Å²) in [5.74, 6) is 1.25. The first kappa shape index (κ1) is 20.5. The molecule has 7 nitrogen and oxygen atoms in total. The summed E-state index contributed by atoms with van der Waals surface area (Å²) < 4.78 is 13.0. The molecule has 1 fully saturated rings. The van der Waals surface area contributed by atoms with Crippen LogP contribution in [0.2, 0.25) is 0 Å². The second kappa shape index (κ2) is 9.42. The first-order valence-corrected chi connectivity index (χ1v) is 11.3. The molecule has 32 heavy (non-hydrogen) atoms. The molecule has 1 atom stereocenters. The molecule has 4 aromatic rings. The lowest BCUT2D eigenvalue weighted by molar-refractivity contribution is -0.134. The molecule has 162 valence electrons. The average Bonchev–Trinajstić information content (AvgIpc) is 3.54. The fourth-order valence-corrected chi connectivity index (χ4v) is 4.80. The van der Waals surface area contributed by atoms with Crippen LogP contribution < -0.4 is 0 Å². The second-order valence-corrected chi connectivity index (χ2v) is 8.37. The highest BCUT2D eigenvalue weighted by Crippen LogP contribution is 2.38. The molecule has 1 saturated heterocycles. The summed E-state index contributed by atoms with van der Waals surface area (Å²) in [6.07, 6.45) is 1.61. The second-order valence-electron chi connectivity index (χ2n) is 7.30. The molecule has 0 spiro atoms. The number of ether oxygens (including phenoxy) is 1. The zero-order chi connectivity index (χ0) is 21.8. The molecule has 3 heterocycles. The van der Waals surface area contributed by atoms with Crippen LogP contribution in [0.3, 0.4) is 0 Å². The number of nitrogens with zero attached hydrogens (tertiary/aromatic N) is 4. The van der Waals surface area contributed by atoms with Gasteiger partial charge in [-0.2, -0.15) is 0 Å². The molecule has 8 heteroatoms. The summed E-state index contributed by atoms with van der Waals surface area (Å²) >= 11 is 1.40. The number of morpholine rings is 1. The van der Waals surface area contributed by atoms with E-state index < -0.39 is 5.25 Å². The third-order valence-electron chi connectivity index (χ3n) is 5.26. The van der Waals surface area contributed by atoms with Gasteiger partial charge in [0.15, 0.2) is 10.9 Å². The van der Waals surface area contributed by atoms with Gasteiger partial charge in [-0.1, -0.05) is 60.3 Å². The Balaban J connectivity index is 1.56. The lowest BCUT2D eigenvalue weighted by Crippen LogP contribution is -2.42. The van der Waals surface area contributed by atoms with Crippen LogP contribution in [0.1, 0.15) is 10.8 Å². The Morgan fingerprint density at radius 3 is 2.31 bits per heavy atom. The molecule has 5 rings (SSSR count). The summed E-state index contributed by atoms with van der Waals surface area (Å²) in [6, 6.07) is 23.3. The van der Waals surface area contributed by atoms with Crippen LogP contribution >= 0.6 is 11.8 Å². The molecule has 1 amide bonds. The van der Waals surface area contributed by atoms with Gasteiger partial charge in [0.1, 0.15) is 5.25 Å². The summed E-state index contributed by atoms with van der Waals surface area (Å²) in [7, 11) is 0. The van der Waals surface area contributed by atoms with Crippen LogP contribution in [0.25, 0.3) is 17.3 Å². The molecule has 2 aromatic heterocycles. The molecule has 0 radical (unpaired) electrons. The first-order valence-electron chi connectivity index (χ1n) is 10.4. The van der Waals surface area contributed by atoms with Gasteiger partial charge in [-0.3, -0.25) is 9.36 Å². The standard InChI is InChI=1S/C24H22N4O3S/c29-23(27-13-16-30-17-14-27)21(18-8-3-1-4-9-18)32-24-26-25-22(20-12-7-15-31-20)28(24)19-10-5-2-6-11-19/h1-12,15,21H,13-14,16-17H2. The van der Waals surface area contributed by atoms with Crippen LogP contribution in [0.5, 0.6) is 0 Å². The highest BCUT2D eigenvalue weighted by molar-refractivity contribution is 8.00. The largest absolute Gasteiger partial charge is 0.461 e. The van der Waals surface area contributed by atoms with Crippen molar-refractivity contribution in [2.24, 2.45) is 0 Å². The van der Waals surface area contributed by atoms with Crippen molar-refractivity contribution in [3.8, 4) is 17.3 Å². The third-order valence-corrected chi connectivity index (χ3v) is 6.45. The number of amides is 1. The number of hydrogen-bond donors (Lipinski definition) is 0. The van der Waals surface area contributed by atoms with E-state index in [2.05, 4.69) is 10.2 Å². The fourth-order valence-electron chi connectivity index (χ4n) is 3.67. The van der Waals surface area contributed by atoms with E-state index in [-0.39, 0.29) is 5.91 Å². The molecule has 1 unspecified atom stereocenters. The van der Waals surface area contributed by atoms with Crippen molar-refractivity contribution in [1.82, 2.24) is 19.7 Å². The van der Waals surface area contributed by atoms with Gasteiger partial charge in [0.2, 0.25) is 11.7 Å². The number of rotatable bonds is 6. The number of hydrogen-bond acceptors (Lipinski definition) is 6. The van der Waals surface area contributed by atoms with Crippen LogP contribution in [0, 0.1) is 0 Å². The van der Waals surface area contributed by atoms with E-state index in [9.17, 15) is 4.79 Å². The lowest BCUT2D eigenvalue weighted by atomic mass is 10.1. The Bertz CT molecular complexity index is 1160. The van der Waals surface area contributed by atoms with Gasteiger partial charge in [0.05, 0.1) is 19.5 Å². The summed E-state index contributed by atoms with van der Waals surface area (Å²) in [6.45, 7) is 2.29. The zero-order valence-electron chi connectivity index (χ0n) is 17.3. The summed E-state index contributed by atoms with van der Waals surface area (Å²) in [5.41, 5.74) is 1.83. The van der Waals surface area contributed by atoms with E-state index in [1.54, 1.807) is 6.26 Å². The van der Waals surface area contributed by atoms with Gasteiger partial charge in [0, 0.05) is 18.8 Å². The normalized spacial score (nSPS) is 14.9. The van der Waals surface area contributed by atoms with Gasteiger partial charge in [-0.25, -0.2) is 0 Å². The predicted octanol–water partition coefficient (Wildman–Crippen LogP) is 4.22. The molecule has 2 aromatic carbocycles. The molecule has 1 aliphatic rings. The molecular formula is C24H22N4O3S. The Morgan fingerprint density at radius 2 is 1.62 bits per heavy atom. The monoisotopic (exact) mass is 446 g/mol. The van der Waals surface area contributed by atoms with Crippen LogP contribution in [-0.4, -0.2) is 51.9 Å². The molecule has 1 aliphatic heterocycles. The number of para-hydroxylation sites is 1. The maximum absolute atomic E-state index is 13.6. The fraction of sp³-hybridized carbons (Fsp3) is 0.208. The van der Waals surface area contributed by atoms with Crippen molar-refractivity contribution < 1.29 is 13.9 Å². The minimum atomic E-state index is -0.453. The number of aromatic nitrogens is 3. The Morgan fingerprint density at radius 1 is 0.906 bits per heavy atom. The molecule has 0 N–H and O–H groups in total. The number of furan rings is 1. The van der Waals surface area contributed by atoms with E-state index in [0.29, 0.717) is 43.0 Å². The van der Waals surface area contributed by atoms with Crippen LogP contribution in [0.4, 0.5) is 0 Å². The minimum absolute atomic E-state index is 0.0478. The van der Waals surface area contributed by atoms with Crippen LogP contribution in [-0.2, 0) is 9.53 Å². The quantitative estimate of drug-likeness (QED) is 0.413. The van der Waals surface area contributed by atoms with Crippen molar-refractivity contribution >= 4 is 17.7 Å². The Hall–Kier alpha value is -3.36. The van der Waals surface area contributed by atoms with E-state index >= 15 is 0 Å². The SMILES string of the molecule is O=C(C(Sc1nnc(-c2ccco2)n1-c1ccccc1)c1ccccc1)N1CCOCC1. The average molecular weight is 447 g/mol. The maximum Gasteiger partial charge on any atom is 0.240 e. The van der Waals surface area contributed by atoms with Crippen molar-refractivity contribution in [1.29, 1.82) is 0 Å². The minimum Gasteiger partial charge on any atom is -0.461 e. The van der Waals surface area contributed by atoms with Crippen molar-refractivity contribution in [2.45, 2.75) is 10.4 Å². The van der Waals surface area contributed by atoms with E-state index in [4.69, 9.17) is 9.15 Å². The molecule has 0 saturated carbocycles. The van der Waals surface area contributed by atoms with E-state index in [0.717, 1.165) is 11.3 Å². The highest BCUT2D eigenvalue weighted by Gasteiger charge is 2.31. The number of carbonyl (C=O) groups is 1. The van der Waals surface area contributed by atoms with Gasteiger partial charge in [0.25, 0.3) is 0 Å². The molecule has 0 aliphatic carbocycles. The first-order chi connectivity index (χ1) is 15.8. The predicted molar refractivity (Wildman–Crippen MR) is 122 cm³/mol. The van der Waals surface area contributed by atoms with Gasteiger partial charge in [-0.15, -0.1) is 10.2 Å². The van der Waals surface area contributed by atoms with E-state index in [1.165, 1.54) is 11.8 Å². The zero-order valence-corrected chi connectivity index (χ0v) is 18.1. The van der Waals surface area contributed by atoms with Crippen molar-refractivity contribution in [3.05, 3.63) is 84.6 Å². The number of thioether (sulfide) groups is 1. The molecule has 0 bridgehead atoms. The molecular weight excluding hydrogens is 424 g/mol. The van der Waals surface area contributed by atoms with E-state index in [1.807, 2.05) is 82.3 Å². The Kier molecular flexibility index (Phi) is 6.04. The third kappa shape index (κ3) is 4.19. The Labute approximate surface area is 190 Å². The smallest absolute Gasteiger partial charge is 0.240 e.